The van der Waals surface area contributed by atoms with E-state index in [4.69, 9.17) is 23.2 Å². The van der Waals surface area contributed by atoms with E-state index in [1.807, 2.05) is 13.8 Å². The average molecular weight is 479 g/mol. The zero-order valence-electron chi connectivity index (χ0n) is 18.5. The Morgan fingerprint density at radius 2 is 1.78 bits per heavy atom. The van der Waals surface area contributed by atoms with E-state index in [2.05, 4.69) is 19.2 Å². The van der Waals surface area contributed by atoms with Crippen molar-refractivity contribution >= 4 is 46.6 Å². The highest BCUT2D eigenvalue weighted by Crippen LogP contribution is 2.39. The second-order valence-corrected chi connectivity index (χ2v) is 9.65. The topological polar surface area (TPSA) is 76.1 Å². The maximum absolute atomic E-state index is 13.5. The molecule has 1 unspecified atom stereocenters. The first-order valence-corrected chi connectivity index (χ1v) is 11.2. The highest BCUT2D eigenvalue weighted by atomic mass is 35.5. The van der Waals surface area contributed by atoms with Crippen LogP contribution in [0.15, 0.2) is 48.5 Å². The summed E-state index contributed by atoms with van der Waals surface area (Å²) >= 11 is 12.2. The smallest absolute Gasteiger partial charge is 0.315 e. The Bertz CT molecular complexity index is 999. The molecule has 1 heterocycles. The lowest BCUT2D eigenvalue weighted by atomic mass is 9.98. The number of urea groups is 2. The number of nitrogens with one attached hydrogen (secondary N) is 1. The van der Waals surface area contributed by atoms with Crippen molar-refractivity contribution in [3.05, 3.63) is 58.6 Å². The summed E-state index contributed by atoms with van der Waals surface area (Å²) in [6.45, 7) is 8.31. The van der Waals surface area contributed by atoms with Crippen molar-refractivity contribution in [2.45, 2.75) is 45.8 Å². The fourth-order valence-corrected chi connectivity index (χ4v) is 4.23. The highest BCUT2D eigenvalue weighted by molar-refractivity contribution is 6.31. The summed E-state index contributed by atoms with van der Waals surface area (Å²) in [5, 5.41) is 15.1. The van der Waals surface area contributed by atoms with Gasteiger partial charge in [0.2, 0.25) is 0 Å². The fraction of sp³-hybridized carbons (Fsp3) is 0.391. The maximum Gasteiger partial charge on any atom is 0.347 e. The van der Waals surface area contributed by atoms with E-state index in [-0.39, 0.29) is 6.03 Å². The Labute approximate surface area is 198 Å². The third kappa shape index (κ3) is 4.95. The van der Waals surface area contributed by atoms with Gasteiger partial charge in [-0.1, -0.05) is 49.2 Å². The quantitative estimate of drug-likeness (QED) is 0.377. The summed E-state index contributed by atoms with van der Waals surface area (Å²) in [4.78, 5) is 29.6. The van der Waals surface area contributed by atoms with Gasteiger partial charge in [-0.25, -0.2) is 9.59 Å². The summed E-state index contributed by atoms with van der Waals surface area (Å²) in [5.74, 6) is 0.383. The number of carbonyl (C=O) groups is 2. The largest absolute Gasteiger partial charge is 0.347 e. The van der Waals surface area contributed by atoms with Crippen LogP contribution in [0.3, 0.4) is 0 Å². The summed E-state index contributed by atoms with van der Waals surface area (Å²) in [5.41, 5.74) is 0.0196. The third-order valence-corrected chi connectivity index (χ3v) is 6.01. The molecule has 0 spiro atoms. The third-order valence-electron chi connectivity index (χ3n) is 5.54. The first-order chi connectivity index (χ1) is 15.0. The lowest BCUT2D eigenvalue weighted by Crippen LogP contribution is -2.58. The van der Waals surface area contributed by atoms with Gasteiger partial charge in [0.05, 0.1) is 5.54 Å². The molecule has 0 saturated carbocycles. The van der Waals surface area contributed by atoms with Crippen molar-refractivity contribution in [1.29, 1.82) is 0 Å². The molecule has 9 heteroatoms. The van der Waals surface area contributed by atoms with Crippen LogP contribution in [0.5, 0.6) is 0 Å². The number of anilines is 2. The monoisotopic (exact) mass is 478 g/mol. The van der Waals surface area contributed by atoms with E-state index in [9.17, 15) is 14.8 Å². The minimum atomic E-state index is -1.00. The van der Waals surface area contributed by atoms with Gasteiger partial charge in [-0.3, -0.25) is 10.1 Å². The zero-order valence-corrected chi connectivity index (χ0v) is 20.1. The molecule has 2 aromatic rings. The van der Waals surface area contributed by atoms with E-state index in [0.29, 0.717) is 38.9 Å². The summed E-state index contributed by atoms with van der Waals surface area (Å²) in [6.07, 6.45) is -0.217. The Morgan fingerprint density at radius 3 is 2.38 bits per heavy atom. The molecule has 172 valence electrons. The second kappa shape index (κ2) is 9.57. The number of halogens is 2. The first kappa shape index (κ1) is 24.2. The summed E-state index contributed by atoms with van der Waals surface area (Å²) < 4.78 is 0. The number of benzene rings is 2. The Kier molecular flexibility index (Phi) is 7.22. The number of hydrogen-bond acceptors (Lipinski definition) is 3. The number of nitrogens with zero attached hydrogens (tertiary/aromatic N) is 3. The molecule has 0 aromatic heterocycles. The zero-order chi connectivity index (χ0) is 23.6. The van der Waals surface area contributed by atoms with Crippen LogP contribution >= 0.6 is 23.2 Å². The lowest BCUT2D eigenvalue weighted by Gasteiger charge is -2.38. The molecule has 0 aliphatic carbocycles. The molecule has 2 N–H and O–H groups in total. The minimum Gasteiger partial charge on any atom is -0.315 e. The van der Waals surface area contributed by atoms with Gasteiger partial charge in [-0.05, 0) is 62.6 Å². The van der Waals surface area contributed by atoms with Gasteiger partial charge in [-0.2, -0.15) is 5.06 Å². The summed E-state index contributed by atoms with van der Waals surface area (Å²) in [6, 6.07) is 12.3. The van der Waals surface area contributed by atoms with E-state index < -0.39 is 17.7 Å². The highest BCUT2D eigenvalue weighted by Gasteiger charge is 2.55. The molecule has 7 nitrogen and oxygen atoms in total. The predicted octanol–water partition coefficient (Wildman–Crippen LogP) is 6.31. The molecule has 1 saturated heterocycles. The van der Waals surface area contributed by atoms with Crippen LogP contribution in [0.2, 0.25) is 10.0 Å². The van der Waals surface area contributed by atoms with Gasteiger partial charge in [0.15, 0.2) is 6.17 Å². The predicted molar refractivity (Wildman–Crippen MR) is 127 cm³/mol. The van der Waals surface area contributed by atoms with Crippen LogP contribution in [0.25, 0.3) is 0 Å². The minimum absolute atomic E-state index is 0.308. The number of amides is 4. The molecule has 4 amide bonds. The van der Waals surface area contributed by atoms with Gasteiger partial charge < -0.3 is 10.2 Å². The van der Waals surface area contributed by atoms with Gasteiger partial charge in [-0.15, -0.1) is 0 Å². The molecule has 1 atom stereocenters. The second-order valence-electron chi connectivity index (χ2n) is 8.78. The number of hydrogen-bond donors (Lipinski definition) is 2. The molecule has 0 bridgehead atoms. The maximum atomic E-state index is 13.5. The molecule has 1 aliphatic rings. The Morgan fingerprint density at radius 1 is 1.16 bits per heavy atom. The molecule has 0 radical (unpaired) electrons. The van der Waals surface area contributed by atoms with E-state index in [1.54, 1.807) is 53.4 Å². The molecular formula is C23H28Cl2N4O3. The van der Waals surface area contributed by atoms with E-state index in [1.165, 1.54) is 4.90 Å². The Balaban J connectivity index is 1.97. The van der Waals surface area contributed by atoms with Crippen molar-refractivity contribution in [2.75, 3.05) is 16.8 Å². The normalized spacial score (nSPS) is 17.8. The first-order valence-electron chi connectivity index (χ1n) is 10.4. The Hall–Kier alpha value is -2.48. The number of carbonyl (C=O) groups excluding carboxylic acids is 2. The van der Waals surface area contributed by atoms with Crippen LogP contribution in [0.4, 0.5) is 21.0 Å². The SMILES string of the molecule is CC(C)CCN1C(=O)N(c2cccc(Cl)c2)C(N(O)C(=O)Nc2cccc(Cl)c2)C1(C)C. The lowest BCUT2D eigenvalue weighted by molar-refractivity contribution is -0.0950. The molecule has 2 aromatic carbocycles. The average Bonchev–Trinajstić information content (AvgIpc) is 2.90. The van der Waals surface area contributed by atoms with Gasteiger partial charge in [0.1, 0.15) is 0 Å². The van der Waals surface area contributed by atoms with Crippen LogP contribution in [0, 0.1) is 5.92 Å². The van der Waals surface area contributed by atoms with Crippen molar-refractivity contribution in [3.8, 4) is 0 Å². The number of hydroxylamine groups is 2. The van der Waals surface area contributed by atoms with Gasteiger partial charge >= 0.3 is 12.1 Å². The van der Waals surface area contributed by atoms with Crippen molar-refractivity contribution < 1.29 is 14.8 Å². The van der Waals surface area contributed by atoms with Crippen LogP contribution in [0.1, 0.15) is 34.1 Å². The fourth-order valence-electron chi connectivity index (χ4n) is 3.85. The number of rotatable bonds is 6. The molecule has 1 fully saturated rings. The van der Waals surface area contributed by atoms with E-state index in [0.717, 1.165) is 6.42 Å². The van der Waals surface area contributed by atoms with Crippen LogP contribution < -0.4 is 10.2 Å². The molecular weight excluding hydrogens is 451 g/mol. The van der Waals surface area contributed by atoms with Gasteiger partial charge in [0, 0.05) is 28.0 Å². The molecule has 32 heavy (non-hydrogen) atoms. The summed E-state index contributed by atoms with van der Waals surface area (Å²) in [7, 11) is 0. The standard InChI is InChI=1S/C23H28Cl2N4O3/c1-15(2)11-12-27-22(31)28(19-10-6-8-17(25)14-19)20(23(27,3)4)29(32)21(30)26-18-9-5-7-16(24)13-18/h5-10,13-15,20,32H,11-12H2,1-4H3,(H,26,30). The van der Waals surface area contributed by atoms with Gasteiger partial charge in [0.25, 0.3) is 0 Å². The molecule has 3 rings (SSSR count). The molecule has 1 aliphatic heterocycles. The van der Waals surface area contributed by atoms with Crippen molar-refractivity contribution in [3.63, 3.8) is 0 Å². The van der Waals surface area contributed by atoms with Crippen molar-refractivity contribution in [1.82, 2.24) is 9.96 Å². The van der Waals surface area contributed by atoms with Crippen LogP contribution in [-0.2, 0) is 0 Å². The van der Waals surface area contributed by atoms with E-state index >= 15 is 0 Å². The van der Waals surface area contributed by atoms with Crippen LogP contribution in [-0.4, -0.2) is 45.5 Å². The van der Waals surface area contributed by atoms with Crippen molar-refractivity contribution in [2.24, 2.45) is 5.92 Å².